The Hall–Kier alpha value is -2.75. The molecule has 0 aliphatic carbocycles. The molecule has 1 aromatic carbocycles. The summed E-state index contributed by atoms with van der Waals surface area (Å²) in [6.45, 7) is 6.29. The molecular formula is C23H30N4O4S. The van der Waals surface area contributed by atoms with E-state index < -0.39 is 10.2 Å². The second-order valence-electron chi connectivity index (χ2n) is 7.33. The van der Waals surface area contributed by atoms with E-state index in [0.717, 1.165) is 17.0 Å². The molecule has 172 valence electrons. The number of benzene rings is 1. The Bertz CT molecular complexity index is 998. The Morgan fingerprint density at radius 1 is 1.06 bits per heavy atom. The summed E-state index contributed by atoms with van der Waals surface area (Å²) >= 11 is 0. The van der Waals surface area contributed by atoms with Gasteiger partial charge < -0.3 is 9.64 Å². The Kier molecular flexibility index (Phi) is 8.38. The van der Waals surface area contributed by atoms with Crippen LogP contribution in [0.1, 0.15) is 25.1 Å². The van der Waals surface area contributed by atoms with Crippen molar-refractivity contribution in [3.05, 3.63) is 66.0 Å². The number of piperazine rings is 1. The summed E-state index contributed by atoms with van der Waals surface area (Å²) in [6.07, 6.45) is 5.01. The van der Waals surface area contributed by atoms with Crippen LogP contribution in [0.5, 0.6) is 5.75 Å². The van der Waals surface area contributed by atoms with Gasteiger partial charge in [-0.2, -0.15) is 17.0 Å². The number of pyridine rings is 1. The van der Waals surface area contributed by atoms with Crippen LogP contribution in [0.15, 0.2) is 54.7 Å². The van der Waals surface area contributed by atoms with Crippen LogP contribution in [0.2, 0.25) is 0 Å². The van der Waals surface area contributed by atoms with Gasteiger partial charge in [0.2, 0.25) is 5.91 Å². The number of hydrogen-bond acceptors (Lipinski definition) is 5. The molecule has 3 rings (SSSR count). The first-order valence-corrected chi connectivity index (χ1v) is 12.2. The van der Waals surface area contributed by atoms with Crippen molar-refractivity contribution in [2.75, 3.05) is 39.3 Å². The van der Waals surface area contributed by atoms with Crippen molar-refractivity contribution in [1.82, 2.24) is 18.5 Å². The van der Waals surface area contributed by atoms with E-state index in [2.05, 4.69) is 4.98 Å². The molecule has 8 nitrogen and oxygen atoms in total. The number of nitrogens with zero attached hydrogens (tertiary/aromatic N) is 4. The number of hydrogen-bond donors (Lipinski definition) is 0. The van der Waals surface area contributed by atoms with Gasteiger partial charge in [0.15, 0.2) is 0 Å². The molecular weight excluding hydrogens is 428 g/mol. The minimum absolute atomic E-state index is 0.125. The van der Waals surface area contributed by atoms with Gasteiger partial charge in [0.25, 0.3) is 10.2 Å². The van der Waals surface area contributed by atoms with E-state index in [0.29, 0.717) is 45.9 Å². The summed E-state index contributed by atoms with van der Waals surface area (Å²) in [4.78, 5) is 18.4. The van der Waals surface area contributed by atoms with Gasteiger partial charge in [-0.1, -0.05) is 32.0 Å². The number of amides is 1. The lowest BCUT2D eigenvalue weighted by atomic mass is 10.2. The number of ether oxygens (including phenoxy) is 1. The van der Waals surface area contributed by atoms with Crippen molar-refractivity contribution < 1.29 is 17.9 Å². The molecule has 0 N–H and O–H groups in total. The summed E-state index contributed by atoms with van der Waals surface area (Å²) in [7, 11) is -3.46. The number of carbonyl (C=O) groups is 1. The zero-order valence-corrected chi connectivity index (χ0v) is 19.4. The first kappa shape index (κ1) is 23.9. The Balaban J connectivity index is 1.49. The highest BCUT2D eigenvalue weighted by molar-refractivity contribution is 7.86. The second-order valence-corrected chi connectivity index (χ2v) is 9.26. The van der Waals surface area contributed by atoms with E-state index >= 15 is 0 Å². The summed E-state index contributed by atoms with van der Waals surface area (Å²) in [5.41, 5.74) is 1.73. The predicted molar refractivity (Wildman–Crippen MR) is 124 cm³/mol. The van der Waals surface area contributed by atoms with Crippen molar-refractivity contribution in [3.63, 3.8) is 0 Å². The van der Waals surface area contributed by atoms with Crippen molar-refractivity contribution in [1.29, 1.82) is 0 Å². The third-order valence-corrected chi connectivity index (χ3v) is 7.51. The first-order chi connectivity index (χ1) is 15.4. The average Bonchev–Trinajstić information content (AvgIpc) is 2.83. The fraction of sp³-hybridized carbons (Fsp3) is 0.391. The molecule has 1 saturated heterocycles. The van der Waals surface area contributed by atoms with Crippen molar-refractivity contribution >= 4 is 22.2 Å². The maximum absolute atomic E-state index is 12.6. The van der Waals surface area contributed by atoms with Crippen LogP contribution in [0, 0.1) is 0 Å². The molecule has 1 aliphatic rings. The fourth-order valence-electron chi connectivity index (χ4n) is 3.44. The number of carbonyl (C=O) groups excluding carboxylic acids is 1. The van der Waals surface area contributed by atoms with Crippen LogP contribution in [-0.4, -0.2) is 72.1 Å². The van der Waals surface area contributed by atoms with Gasteiger partial charge in [-0.3, -0.25) is 9.78 Å². The van der Waals surface area contributed by atoms with E-state index in [4.69, 9.17) is 4.74 Å². The Morgan fingerprint density at radius 2 is 1.75 bits per heavy atom. The van der Waals surface area contributed by atoms with Crippen molar-refractivity contribution in [2.24, 2.45) is 0 Å². The van der Waals surface area contributed by atoms with Gasteiger partial charge in [-0.15, -0.1) is 0 Å². The van der Waals surface area contributed by atoms with Crippen molar-refractivity contribution in [2.45, 2.75) is 20.5 Å². The molecule has 2 heterocycles. The molecule has 0 atom stereocenters. The molecule has 0 unspecified atom stereocenters. The lowest BCUT2D eigenvalue weighted by Crippen LogP contribution is -2.53. The van der Waals surface area contributed by atoms with Gasteiger partial charge in [-0.25, -0.2) is 0 Å². The van der Waals surface area contributed by atoms with Gasteiger partial charge in [0, 0.05) is 51.5 Å². The van der Waals surface area contributed by atoms with Crippen LogP contribution in [0.4, 0.5) is 0 Å². The molecule has 0 spiro atoms. The van der Waals surface area contributed by atoms with E-state index in [-0.39, 0.29) is 5.91 Å². The Labute approximate surface area is 190 Å². The largest absolute Gasteiger partial charge is 0.487 e. The highest BCUT2D eigenvalue weighted by Crippen LogP contribution is 2.16. The van der Waals surface area contributed by atoms with Crippen LogP contribution in [-0.2, 0) is 21.6 Å². The average molecular weight is 459 g/mol. The zero-order chi connectivity index (χ0) is 23.0. The minimum Gasteiger partial charge on any atom is -0.487 e. The highest BCUT2D eigenvalue weighted by Gasteiger charge is 2.31. The maximum Gasteiger partial charge on any atom is 0.282 e. The zero-order valence-electron chi connectivity index (χ0n) is 18.6. The van der Waals surface area contributed by atoms with Gasteiger partial charge in [0.1, 0.15) is 12.4 Å². The SMILES string of the molecule is CCN(CC)S(=O)(=O)N1CCN(C(=O)/C=C/c2ccc(OCc3ccccn3)cc2)CC1. The third kappa shape index (κ3) is 6.15. The number of rotatable bonds is 9. The molecule has 1 fully saturated rings. The quantitative estimate of drug-likeness (QED) is 0.539. The first-order valence-electron chi connectivity index (χ1n) is 10.8. The minimum atomic E-state index is -3.46. The third-order valence-electron chi connectivity index (χ3n) is 5.32. The van der Waals surface area contributed by atoms with Crippen molar-refractivity contribution in [3.8, 4) is 5.75 Å². The maximum atomic E-state index is 12.6. The monoisotopic (exact) mass is 458 g/mol. The van der Waals surface area contributed by atoms with Gasteiger partial charge in [0.05, 0.1) is 5.69 Å². The molecule has 1 aromatic heterocycles. The highest BCUT2D eigenvalue weighted by atomic mass is 32.2. The molecule has 9 heteroatoms. The summed E-state index contributed by atoms with van der Waals surface area (Å²) in [5, 5.41) is 0. The van der Waals surface area contributed by atoms with Gasteiger partial charge >= 0.3 is 0 Å². The summed E-state index contributed by atoms with van der Waals surface area (Å²) in [5.74, 6) is 0.602. The summed E-state index contributed by atoms with van der Waals surface area (Å²) in [6, 6.07) is 13.1. The smallest absolute Gasteiger partial charge is 0.282 e. The molecule has 0 bridgehead atoms. The molecule has 1 aliphatic heterocycles. The fourth-order valence-corrected chi connectivity index (χ4v) is 5.05. The van der Waals surface area contributed by atoms with Crippen LogP contribution >= 0.6 is 0 Å². The molecule has 0 saturated carbocycles. The number of aromatic nitrogens is 1. The predicted octanol–water partition coefficient (Wildman–Crippen LogP) is 2.40. The van der Waals surface area contributed by atoms with Crippen LogP contribution < -0.4 is 4.74 Å². The van der Waals surface area contributed by atoms with E-state index in [1.807, 2.05) is 56.3 Å². The molecule has 0 radical (unpaired) electrons. The summed E-state index contributed by atoms with van der Waals surface area (Å²) < 4.78 is 33.8. The standard InChI is InChI=1S/C23H30N4O4S/c1-3-26(4-2)32(29,30)27-17-15-25(16-18-27)23(28)13-10-20-8-11-22(12-9-20)31-19-21-7-5-6-14-24-21/h5-14H,3-4,15-19H2,1-2H3/b13-10+. The van der Waals surface area contributed by atoms with E-state index in [1.165, 1.54) is 14.7 Å². The van der Waals surface area contributed by atoms with Crippen LogP contribution in [0.3, 0.4) is 0 Å². The molecule has 2 aromatic rings. The molecule has 1 amide bonds. The Morgan fingerprint density at radius 3 is 2.34 bits per heavy atom. The second kappa shape index (κ2) is 11.2. The van der Waals surface area contributed by atoms with E-state index in [9.17, 15) is 13.2 Å². The topological polar surface area (TPSA) is 83.1 Å². The lowest BCUT2D eigenvalue weighted by Gasteiger charge is -2.35. The van der Waals surface area contributed by atoms with Crippen LogP contribution in [0.25, 0.3) is 6.08 Å². The normalized spacial score (nSPS) is 15.4. The lowest BCUT2D eigenvalue weighted by molar-refractivity contribution is -0.127. The van der Waals surface area contributed by atoms with Gasteiger partial charge in [-0.05, 0) is 35.9 Å². The van der Waals surface area contributed by atoms with E-state index in [1.54, 1.807) is 17.2 Å². The molecule has 32 heavy (non-hydrogen) atoms.